The van der Waals surface area contributed by atoms with Crippen LogP contribution in [0.5, 0.6) is 5.75 Å². The molecule has 2 heterocycles. The molecule has 5 nitrogen and oxygen atoms in total. The molecule has 2 aromatic rings. The summed E-state index contributed by atoms with van der Waals surface area (Å²) in [5, 5.41) is 2.52. The summed E-state index contributed by atoms with van der Waals surface area (Å²) in [7, 11) is 0. The molecular formula is C19H21ClN2O3S. The quantitative estimate of drug-likeness (QED) is 0.799. The summed E-state index contributed by atoms with van der Waals surface area (Å²) in [5.74, 6) is 0.588. The molecule has 1 fully saturated rings. The minimum Gasteiger partial charge on any atom is -0.481 e. The zero-order chi connectivity index (χ0) is 18.5. The van der Waals surface area contributed by atoms with Gasteiger partial charge in [-0.1, -0.05) is 17.7 Å². The summed E-state index contributed by atoms with van der Waals surface area (Å²) in [4.78, 5) is 29.5. The largest absolute Gasteiger partial charge is 0.481 e. The monoisotopic (exact) mass is 392 g/mol. The molecule has 3 rings (SSSR count). The highest BCUT2D eigenvalue weighted by atomic mass is 35.5. The molecule has 0 spiro atoms. The Hall–Kier alpha value is -2.05. The van der Waals surface area contributed by atoms with Crippen molar-refractivity contribution in [3.63, 3.8) is 0 Å². The first-order chi connectivity index (χ1) is 12.5. The molecule has 0 saturated carbocycles. The van der Waals surface area contributed by atoms with E-state index in [0.29, 0.717) is 37.0 Å². The number of nitrogens with zero attached hydrogens (tertiary/aromatic N) is 2. The van der Waals surface area contributed by atoms with Crippen LogP contribution in [-0.4, -0.2) is 53.9 Å². The molecule has 1 aromatic carbocycles. The second kappa shape index (κ2) is 8.56. The zero-order valence-electron chi connectivity index (χ0n) is 14.6. The lowest BCUT2D eigenvalue weighted by Crippen LogP contribution is -2.43. The van der Waals surface area contributed by atoms with Crippen molar-refractivity contribution in [2.24, 2.45) is 0 Å². The van der Waals surface area contributed by atoms with Crippen LogP contribution in [0.15, 0.2) is 41.8 Å². The minimum absolute atomic E-state index is 0.0414. The molecule has 0 N–H and O–H groups in total. The highest BCUT2D eigenvalue weighted by Crippen LogP contribution is 2.18. The predicted octanol–water partition coefficient (Wildman–Crippen LogP) is 3.54. The lowest BCUT2D eigenvalue weighted by molar-refractivity contribution is -0.137. The van der Waals surface area contributed by atoms with Crippen molar-refractivity contribution >= 4 is 34.8 Å². The Kier molecular flexibility index (Phi) is 6.16. The molecule has 0 bridgehead atoms. The van der Waals surface area contributed by atoms with Crippen LogP contribution in [0.4, 0.5) is 0 Å². The van der Waals surface area contributed by atoms with Gasteiger partial charge in [0, 0.05) is 31.2 Å². The summed E-state index contributed by atoms with van der Waals surface area (Å²) in [6.45, 7) is 4.09. The van der Waals surface area contributed by atoms with Crippen molar-refractivity contribution in [2.45, 2.75) is 19.4 Å². The molecule has 7 heteroatoms. The zero-order valence-corrected chi connectivity index (χ0v) is 16.1. The predicted molar refractivity (Wildman–Crippen MR) is 103 cm³/mol. The molecule has 26 heavy (non-hydrogen) atoms. The molecule has 1 saturated heterocycles. The molecule has 1 aliphatic rings. The van der Waals surface area contributed by atoms with Crippen LogP contribution < -0.4 is 4.74 Å². The molecule has 0 radical (unpaired) electrons. The van der Waals surface area contributed by atoms with E-state index >= 15 is 0 Å². The van der Waals surface area contributed by atoms with Crippen molar-refractivity contribution in [1.29, 1.82) is 0 Å². The van der Waals surface area contributed by atoms with E-state index in [-0.39, 0.29) is 11.8 Å². The van der Waals surface area contributed by atoms with E-state index in [1.165, 1.54) is 11.3 Å². The van der Waals surface area contributed by atoms with Gasteiger partial charge in [-0.2, -0.15) is 0 Å². The van der Waals surface area contributed by atoms with E-state index in [1.807, 2.05) is 22.4 Å². The number of amides is 2. The minimum atomic E-state index is -0.587. The molecule has 2 amide bonds. The van der Waals surface area contributed by atoms with Gasteiger partial charge in [0.1, 0.15) is 5.75 Å². The Morgan fingerprint density at radius 3 is 2.46 bits per heavy atom. The first-order valence-corrected chi connectivity index (χ1v) is 9.84. The van der Waals surface area contributed by atoms with Crippen molar-refractivity contribution in [3.05, 3.63) is 51.7 Å². The summed E-state index contributed by atoms with van der Waals surface area (Å²) in [5.41, 5.74) is 0. The first-order valence-electron chi connectivity index (χ1n) is 8.58. The van der Waals surface area contributed by atoms with E-state index in [2.05, 4.69) is 0 Å². The maximum atomic E-state index is 12.7. The normalized spacial score (nSPS) is 16.1. The van der Waals surface area contributed by atoms with Crippen molar-refractivity contribution in [3.8, 4) is 5.75 Å². The van der Waals surface area contributed by atoms with E-state index < -0.39 is 6.10 Å². The van der Waals surface area contributed by atoms with Crippen LogP contribution in [0.1, 0.15) is 23.0 Å². The van der Waals surface area contributed by atoms with Gasteiger partial charge in [-0.3, -0.25) is 9.59 Å². The van der Waals surface area contributed by atoms with Gasteiger partial charge >= 0.3 is 0 Å². The average Bonchev–Trinajstić information content (AvgIpc) is 3.07. The summed E-state index contributed by atoms with van der Waals surface area (Å²) in [6, 6.07) is 10.7. The SMILES string of the molecule is CC(Oc1ccc(Cl)cc1)C(=O)N1CCCN(C(=O)c2cccs2)CC1. The number of carbonyl (C=O) groups excluding carboxylic acids is 2. The molecule has 1 aliphatic heterocycles. The van der Waals surface area contributed by atoms with Crippen LogP contribution in [-0.2, 0) is 4.79 Å². The van der Waals surface area contributed by atoms with Crippen LogP contribution in [0.2, 0.25) is 5.02 Å². The van der Waals surface area contributed by atoms with Crippen molar-refractivity contribution in [1.82, 2.24) is 9.80 Å². The van der Waals surface area contributed by atoms with E-state index in [0.717, 1.165) is 11.3 Å². The summed E-state index contributed by atoms with van der Waals surface area (Å²) < 4.78 is 5.73. The van der Waals surface area contributed by atoms with Gasteiger partial charge in [0.25, 0.3) is 11.8 Å². The van der Waals surface area contributed by atoms with Crippen LogP contribution in [0.3, 0.4) is 0 Å². The van der Waals surface area contributed by atoms with Gasteiger partial charge in [-0.25, -0.2) is 0 Å². The Morgan fingerprint density at radius 2 is 1.77 bits per heavy atom. The fraction of sp³-hybridized carbons (Fsp3) is 0.368. The number of ether oxygens (including phenoxy) is 1. The highest BCUT2D eigenvalue weighted by molar-refractivity contribution is 7.12. The lowest BCUT2D eigenvalue weighted by atomic mass is 10.3. The molecular weight excluding hydrogens is 372 g/mol. The maximum absolute atomic E-state index is 12.7. The number of halogens is 1. The fourth-order valence-corrected chi connectivity index (χ4v) is 3.74. The van der Waals surface area contributed by atoms with Gasteiger partial charge in [-0.05, 0) is 49.1 Å². The number of hydrogen-bond acceptors (Lipinski definition) is 4. The third kappa shape index (κ3) is 4.56. The maximum Gasteiger partial charge on any atom is 0.263 e. The Balaban J connectivity index is 1.56. The number of thiophene rings is 1. The van der Waals surface area contributed by atoms with Gasteiger partial charge in [0.05, 0.1) is 4.88 Å². The van der Waals surface area contributed by atoms with Crippen LogP contribution in [0.25, 0.3) is 0 Å². The molecule has 1 unspecified atom stereocenters. The van der Waals surface area contributed by atoms with E-state index in [1.54, 1.807) is 36.1 Å². The lowest BCUT2D eigenvalue weighted by Gasteiger charge is -2.25. The van der Waals surface area contributed by atoms with Crippen LogP contribution >= 0.6 is 22.9 Å². The summed E-state index contributed by atoms with van der Waals surface area (Å²) >= 11 is 7.31. The second-order valence-electron chi connectivity index (χ2n) is 6.16. The Bertz CT molecular complexity index is 749. The average molecular weight is 393 g/mol. The fourth-order valence-electron chi connectivity index (χ4n) is 2.92. The van der Waals surface area contributed by atoms with Crippen LogP contribution in [0, 0.1) is 0 Å². The Labute approximate surface area is 162 Å². The van der Waals surface area contributed by atoms with Gasteiger partial charge < -0.3 is 14.5 Å². The third-order valence-corrected chi connectivity index (χ3v) is 5.41. The van der Waals surface area contributed by atoms with Crippen molar-refractivity contribution in [2.75, 3.05) is 26.2 Å². The second-order valence-corrected chi connectivity index (χ2v) is 7.55. The highest BCUT2D eigenvalue weighted by Gasteiger charge is 2.26. The van der Waals surface area contributed by atoms with Gasteiger partial charge in [0.2, 0.25) is 0 Å². The third-order valence-electron chi connectivity index (χ3n) is 4.30. The van der Waals surface area contributed by atoms with Gasteiger partial charge in [0.15, 0.2) is 6.10 Å². The number of benzene rings is 1. The molecule has 1 aromatic heterocycles. The standard InChI is InChI=1S/C19H21ClN2O3S/c1-14(25-16-7-5-15(20)6-8-16)18(23)21-9-3-10-22(12-11-21)19(24)17-4-2-13-26-17/h2,4-8,13-14H,3,9-12H2,1H3. The number of hydrogen-bond donors (Lipinski definition) is 0. The smallest absolute Gasteiger partial charge is 0.263 e. The molecule has 0 aliphatic carbocycles. The van der Waals surface area contributed by atoms with E-state index in [4.69, 9.17) is 16.3 Å². The molecule has 138 valence electrons. The molecule has 1 atom stereocenters. The summed E-state index contributed by atoms with van der Waals surface area (Å²) in [6.07, 6.45) is 0.173. The number of rotatable bonds is 4. The topological polar surface area (TPSA) is 49.9 Å². The van der Waals surface area contributed by atoms with E-state index in [9.17, 15) is 9.59 Å². The first kappa shape index (κ1) is 18.7. The van der Waals surface area contributed by atoms with Crippen molar-refractivity contribution < 1.29 is 14.3 Å². The Morgan fingerprint density at radius 1 is 1.08 bits per heavy atom. The van der Waals surface area contributed by atoms with Gasteiger partial charge in [-0.15, -0.1) is 11.3 Å². The number of carbonyl (C=O) groups is 2.